The third-order valence-corrected chi connectivity index (χ3v) is 8.53. The molecule has 1 heterocycles. The van der Waals surface area contributed by atoms with Crippen LogP contribution in [-0.4, -0.2) is 63.3 Å². The number of anilines is 1. The Morgan fingerprint density at radius 2 is 1.77 bits per heavy atom. The van der Waals surface area contributed by atoms with E-state index in [0.717, 1.165) is 30.5 Å². The molecule has 0 fully saturated rings. The number of methoxy groups -OCH3 is 1. The molecule has 2 aromatic carbocycles. The second kappa shape index (κ2) is 11.9. The molecule has 0 bridgehead atoms. The van der Waals surface area contributed by atoms with Gasteiger partial charge in [-0.15, -0.1) is 0 Å². The molecule has 0 saturated carbocycles. The third-order valence-electron chi connectivity index (χ3n) is 5.69. The zero-order valence-electron chi connectivity index (χ0n) is 20.0. The van der Waals surface area contributed by atoms with Gasteiger partial charge in [0.05, 0.1) is 22.5 Å². The van der Waals surface area contributed by atoms with Crippen LogP contribution in [0.5, 0.6) is 5.75 Å². The van der Waals surface area contributed by atoms with Crippen molar-refractivity contribution in [2.24, 2.45) is 0 Å². The topological polar surface area (TPSA) is 79.8 Å². The summed E-state index contributed by atoms with van der Waals surface area (Å²) in [6.07, 6.45) is 0.0866. The van der Waals surface area contributed by atoms with E-state index < -0.39 is 21.5 Å². The van der Waals surface area contributed by atoms with E-state index in [1.54, 1.807) is 12.1 Å². The number of rotatable bonds is 12. The minimum absolute atomic E-state index is 0.00845. The van der Waals surface area contributed by atoms with Gasteiger partial charge < -0.3 is 9.64 Å². The third kappa shape index (κ3) is 6.74. The number of halogens is 2. The number of hydrogen-bond donors (Lipinski definition) is 0. The molecular weight excluding hydrogens is 496 g/mol. The van der Waals surface area contributed by atoms with Crippen LogP contribution >= 0.6 is 11.3 Å². The van der Waals surface area contributed by atoms with Crippen LogP contribution in [0, 0.1) is 11.6 Å². The number of hydrogen-bond acceptors (Lipinski definition) is 7. The number of thiazole rings is 1. The van der Waals surface area contributed by atoms with Crippen LogP contribution in [0.4, 0.5) is 13.9 Å². The van der Waals surface area contributed by atoms with E-state index in [9.17, 15) is 22.0 Å². The van der Waals surface area contributed by atoms with Gasteiger partial charge in [0.15, 0.2) is 20.8 Å². The Labute approximate surface area is 208 Å². The van der Waals surface area contributed by atoms with E-state index in [4.69, 9.17) is 4.74 Å². The quantitative estimate of drug-likeness (QED) is 0.346. The molecule has 0 atom stereocenters. The molecule has 1 aromatic heterocycles. The molecule has 0 aliphatic carbocycles. The first-order valence-corrected chi connectivity index (χ1v) is 13.8. The van der Waals surface area contributed by atoms with Gasteiger partial charge in [0.2, 0.25) is 5.91 Å². The van der Waals surface area contributed by atoms with Crippen LogP contribution in [0.15, 0.2) is 41.3 Å². The van der Waals surface area contributed by atoms with Crippen LogP contribution in [0.3, 0.4) is 0 Å². The van der Waals surface area contributed by atoms with Gasteiger partial charge in [0.1, 0.15) is 17.1 Å². The molecule has 11 heteroatoms. The van der Waals surface area contributed by atoms with Crippen LogP contribution in [0.1, 0.15) is 26.7 Å². The minimum Gasteiger partial charge on any atom is -0.497 e. The summed E-state index contributed by atoms with van der Waals surface area (Å²) in [6.45, 7) is 6.47. The maximum Gasteiger partial charge on any atom is 0.228 e. The SMILES string of the molecule is CCN(CC)CCN(C(=O)CCCS(=O)(=O)c1ccc(OC)cc1)c1nc2c(F)cc(F)cc2s1. The Kier molecular flexibility index (Phi) is 9.15. The summed E-state index contributed by atoms with van der Waals surface area (Å²) in [6, 6.07) is 8.04. The first kappa shape index (κ1) is 27.0. The summed E-state index contributed by atoms with van der Waals surface area (Å²) in [5, 5.41) is 0.264. The lowest BCUT2D eigenvalue weighted by atomic mass is 10.3. The molecule has 35 heavy (non-hydrogen) atoms. The highest BCUT2D eigenvalue weighted by Crippen LogP contribution is 2.31. The largest absolute Gasteiger partial charge is 0.497 e. The number of aromatic nitrogens is 1. The van der Waals surface area contributed by atoms with E-state index in [-0.39, 0.29) is 40.0 Å². The number of amides is 1. The molecule has 0 saturated heterocycles. The van der Waals surface area contributed by atoms with Crippen LogP contribution in [-0.2, 0) is 14.6 Å². The molecule has 3 aromatic rings. The molecule has 1 amide bonds. The van der Waals surface area contributed by atoms with Crippen molar-refractivity contribution < 1.29 is 26.7 Å². The summed E-state index contributed by atoms with van der Waals surface area (Å²) in [7, 11) is -2.08. The number of carbonyl (C=O) groups excluding carboxylic acids is 1. The van der Waals surface area contributed by atoms with Gasteiger partial charge in [0.25, 0.3) is 0 Å². The van der Waals surface area contributed by atoms with E-state index >= 15 is 0 Å². The summed E-state index contributed by atoms with van der Waals surface area (Å²) in [4.78, 5) is 21.2. The summed E-state index contributed by atoms with van der Waals surface area (Å²) in [5.41, 5.74) is 0.00845. The molecule has 0 aliphatic heterocycles. The predicted octanol–water partition coefficient (Wildman–Crippen LogP) is 4.51. The van der Waals surface area contributed by atoms with Gasteiger partial charge in [-0.1, -0.05) is 25.2 Å². The fourth-order valence-corrected chi connectivity index (χ4v) is 5.98. The summed E-state index contributed by atoms with van der Waals surface area (Å²) < 4.78 is 58.6. The number of carbonyl (C=O) groups is 1. The Morgan fingerprint density at radius 3 is 2.40 bits per heavy atom. The zero-order valence-corrected chi connectivity index (χ0v) is 21.6. The first-order chi connectivity index (χ1) is 16.7. The average molecular weight is 526 g/mol. The summed E-state index contributed by atoms with van der Waals surface area (Å²) >= 11 is 1.03. The predicted molar refractivity (Wildman–Crippen MR) is 134 cm³/mol. The Bertz CT molecular complexity index is 1260. The smallest absolute Gasteiger partial charge is 0.228 e. The van der Waals surface area contributed by atoms with E-state index in [0.29, 0.717) is 23.5 Å². The van der Waals surface area contributed by atoms with Gasteiger partial charge in [-0.05, 0) is 49.8 Å². The van der Waals surface area contributed by atoms with Crippen molar-refractivity contribution in [3.63, 3.8) is 0 Å². The second-order valence-electron chi connectivity index (χ2n) is 7.90. The van der Waals surface area contributed by atoms with Crippen molar-refractivity contribution in [2.45, 2.75) is 31.6 Å². The van der Waals surface area contributed by atoms with E-state index in [1.807, 2.05) is 13.8 Å². The standard InChI is InChI=1S/C24H29F2N3O4S2/c1-4-28(5-2)12-13-29(24-27-23-20(26)15-17(25)16-21(23)34-24)22(30)7-6-14-35(31,32)19-10-8-18(33-3)9-11-19/h8-11,15-16H,4-7,12-14H2,1-3H3. The van der Waals surface area contributed by atoms with Gasteiger partial charge in [-0.2, -0.15) is 0 Å². The maximum atomic E-state index is 14.2. The van der Waals surface area contributed by atoms with Gasteiger partial charge in [0, 0.05) is 25.6 Å². The fourth-order valence-electron chi connectivity index (χ4n) is 3.62. The lowest BCUT2D eigenvalue weighted by Gasteiger charge is -2.24. The minimum atomic E-state index is -3.57. The number of benzene rings is 2. The highest BCUT2D eigenvalue weighted by atomic mass is 32.2. The van der Waals surface area contributed by atoms with Gasteiger partial charge in [-0.3, -0.25) is 9.69 Å². The van der Waals surface area contributed by atoms with Crippen molar-refractivity contribution in [3.8, 4) is 5.75 Å². The molecule has 190 valence electrons. The monoisotopic (exact) mass is 525 g/mol. The fraction of sp³-hybridized carbons (Fsp3) is 0.417. The Balaban J connectivity index is 1.75. The number of likely N-dealkylation sites (N-methyl/N-ethyl adjacent to an activating group) is 1. The van der Waals surface area contributed by atoms with E-state index in [2.05, 4.69) is 9.88 Å². The lowest BCUT2D eigenvalue weighted by Crippen LogP contribution is -2.38. The van der Waals surface area contributed by atoms with Gasteiger partial charge in [-0.25, -0.2) is 22.2 Å². The molecule has 0 spiro atoms. The normalized spacial score (nSPS) is 11.8. The Morgan fingerprint density at radius 1 is 1.09 bits per heavy atom. The highest BCUT2D eigenvalue weighted by Gasteiger charge is 2.23. The molecule has 0 N–H and O–H groups in total. The molecular formula is C24H29F2N3O4S2. The van der Waals surface area contributed by atoms with Crippen LogP contribution in [0.2, 0.25) is 0 Å². The van der Waals surface area contributed by atoms with Crippen LogP contribution < -0.4 is 9.64 Å². The molecule has 7 nitrogen and oxygen atoms in total. The second-order valence-corrected chi connectivity index (χ2v) is 11.0. The molecule has 0 radical (unpaired) electrons. The zero-order chi connectivity index (χ0) is 25.6. The number of fused-ring (bicyclic) bond motifs is 1. The number of sulfone groups is 1. The Hall–Kier alpha value is -2.63. The highest BCUT2D eigenvalue weighted by molar-refractivity contribution is 7.91. The van der Waals surface area contributed by atoms with Crippen molar-refractivity contribution >= 4 is 42.4 Å². The molecule has 0 unspecified atom stereocenters. The van der Waals surface area contributed by atoms with Crippen molar-refractivity contribution in [3.05, 3.63) is 48.0 Å². The molecule has 0 aliphatic rings. The maximum absolute atomic E-state index is 14.2. The van der Waals surface area contributed by atoms with Crippen molar-refractivity contribution in [2.75, 3.05) is 43.9 Å². The number of nitrogens with zero attached hydrogens (tertiary/aromatic N) is 3. The summed E-state index contributed by atoms with van der Waals surface area (Å²) in [5.74, 6) is -1.47. The van der Waals surface area contributed by atoms with Crippen molar-refractivity contribution in [1.82, 2.24) is 9.88 Å². The molecule has 3 rings (SSSR count). The van der Waals surface area contributed by atoms with Crippen molar-refractivity contribution in [1.29, 1.82) is 0 Å². The lowest BCUT2D eigenvalue weighted by molar-refractivity contribution is -0.118. The van der Waals surface area contributed by atoms with E-state index in [1.165, 1.54) is 30.2 Å². The average Bonchev–Trinajstić information content (AvgIpc) is 3.25. The van der Waals surface area contributed by atoms with Crippen LogP contribution in [0.25, 0.3) is 10.2 Å². The first-order valence-electron chi connectivity index (χ1n) is 11.3. The number of ether oxygens (including phenoxy) is 1. The van der Waals surface area contributed by atoms with Gasteiger partial charge >= 0.3 is 0 Å².